The molecule has 3 rings (SSSR count). The van der Waals surface area contributed by atoms with Crippen LogP contribution in [0, 0.1) is 24.4 Å². The largest absolute Gasteiger partial charge is 0.450 e. The summed E-state index contributed by atoms with van der Waals surface area (Å²) in [6.45, 7) is 1.64. The van der Waals surface area contributed by atoms with Crippen LogP contribution in [0.4, 0.5) is 24.5 Å². The number of nitrogens with one attached hydrogen (secondary N) is 1. The van der Waals surface area contributed by atoms with E-state index >= 15 is 0 Å². The molecule has 7 N–H and O–H groups in total. The predicted molar refractivity (Wildman–Crippen MR) is 116 cm³/mol. The molecule has 1 amide bonds. The lowest BCUT2D eigenvalue weighted by Gasteiger charge is -2.13. The molecule has 1 atom stereocenters. The zero-order valence-corrected chi connectivity index (χ0v) is 17.3. The average Bonchev–Trinajstić information content (AvgIpc) is 2.78. The summed E-state index contributed by atoms with van der Waals surface area (Å²) in [5.41, 5.74) is 14.2. The number of nitrogen functional groups attached to an aromatic ring is 1. The zero-order chi connectivity index (χ0) is 23.6. The van der Waals surface area contributed by atoms with Gasteiger partial charge in [-0.3, -0.25) is 9.59 Å². The van der Waals surface area contributed by atoms with Crippen LogP contribution in [-0.2, 0) is 4.79 Å². The summed E-state index contributed by atoms with van der Waals surface area (Å²) in [4.78, 5) is 24.6. The van der Waals surface area contributed by atoms with Gasteiger partial charge in [0.1, 0.15) is 0 Å². The average molecular weight is 448 g/mol. The molecule has 0 saturated heterocycles. The molecule has 0 unspecified atom stereocenters. The lowest BCUT2D eigenvalue weighted by Crippen LogP contribution is -2.35. The molecule has 32 heavy (non-hydrogen) atoms. The number of benzene rings is 2. The van der Waals surface area contributed by atoms with Crippen LogP contribution in [0.2, 0.25) is 0 Å². The van der Waals surface area contributed by atoms with Gasteiger partial charge in [0.05, 0.1) is 17.1 Å². The Morgan fingerprint density at radius 3 is 2.38 bits per heavy atom. The quantitative estimate of drug-likeness (QED) is 0.324. The van der Waals surface area contributed by atoms with Crippen LogP contribution in [-0.4, -0.2) is 18.5 Å². The fraction of sp³-hybridized carbons (Fsp3) is 0.273. The normalized spacial score (nSPS) is 12.2. The number of unbranched alkanes of at least 4 members (excludes halogenated alkanes) is 1. The molecule has 0 radical (unpaired) electrons. The molecular formula is C22H23F3N4O3. The molecule has 10 heteroatoms. The Labute approximate surface area is 181 Å². The second-order valence-electron chi connectivity index (χ2n) is 7.40. The molecule has 0 spiro atoms. The van der Waals surface area contributed by atoms with E-state index in [4.69, 9.17) is 21.6 Å². The van der Waals surface area contributed by atoms with Crippen molar-refractivity contribution in [1.29, 1.82) is 0 Å². The minimum atomic E-state index is -1.34. The third kappa shape index (κ3) is 4.32. The number of carbonyl (C=O) groups is 1. The number of carbonyl (C=O) groups excluding carboxylic acids is 1. The van der Waals surface area contributed by atoms with Crippen LogP contribution >= 0.6 is 0 Å². The van der Waals surface area contributed by atoms with Gasteiger partial charge < -0.3 is 26.9 Å². The minimum absolute atomic E-state index is 0.103. The van der Waals surface area contributed by atoms with Crippen molar-refractivity contribution >= 4 is 28.3 Å². The summed E-state index contributed by atoms with van der Waals surface area (Å²) < 4.78 is 48.6. The van der Waals surface area contributed by atoms with Crippen molar-refractivity contribution in [2.45, 2.75) is 32.2 Å². The summed E-state index contributed by atoms with van der Waals surface area (Å²) >= 11 is 0. The maximum Gasteiger partial charge on any atom is 0.241 e. The van der Waals surface area contributed by atoms with Crippen molar-refractivity contribution < 1.29 is 22.4 Å². The maximum atomic E-state index is 14.7. The highest BCUT2D eigenvalue weighted by Crippen LogP contribution is 2.32. The lowest BCUT2D eigenvalue weighted by molar-refractivity contribution is -0.117. The molecule has 1 heterocycles. The fourth-order valence-corrected chi connectivity index (χ4v) is 3.26. The van der Waals surface area contributed by atoms with Crippen LogP contribution in [0.15, 0.2) is 33.5 Å². The summed E-state index contributed by atoms with van der Waals surface area (Å²) in [6, 6.07) is 4.93. The Kier molecular flexibility index (Phi) is 6.85. The van der Waals surface area contributed by atoms with Crippen molar-refractivity contribution in [3.8, 4) is 11.3 Å². The van der Waals surface area contributed by atoms with Gasteiger partial charge in [0.25, 0.3) is 0 Å². The Morgan fingerprint density at radius 2 is 1.75 bits per heavy atom. The molecule has 0 bridgehead atoms. The molecular weight excluding hydrogens is 425 g/mol. The van der Waals surface area contributed by atoms with Gasteiger partial charge in [-0.2, -0.15) is 4.39 Å². The number of amides is 1. The molecule has 0 aliphatic rings. The van der Waals surface area contributed by atoms with Gasteiger partial charge in [0, 0.05) is 16.8 Å². The van der Waals surface area contributed by atoms with Gasteiger partial charge in [-0.1, -0.05) is 6.42 Å². The number of rotatable bonds is 7. The first-order chi connectivity index (χ1) is 15.2. The van der Waals surface area contributed by atoms with Crippen molar-refractivity contribution in [3.05, 3.63) is 57.5 Å². The van der Waals surface area contributed by atoms with E-state index in [2.05, 4.69) is 5.32 Å². The SMILES string of the molecule is Cc1c(F)c(N)c2c(=O)c(F)c(-c3ccc(NC(=O)[C@@H](N)CCCCN)cc3)oc2c1F. The molecule has 170 valence electrons. The predicted octanol–water partition coefficient (Wildman–Crippen LogP) is 3.16. The van der Waals surface area contributed by atoms with E-state index in [9.17, 15) is 22.8 Å². The van der Waals surface area contributed by atoms with E-state index in [1.54, 1.807) is 0 Å². The van der Waals surface area contributed by atoms with E-state index < -0.39 is 62.8 Å². The number of anilines is 2. The molecule has 3 aromatic rings. The zero-order valence-electron chi connectivity index (χ0n) is 17.3. The lowest BCUT2D eigenvalue weighted by atomic mass is 10.1. The van der Waals surface area contributed by atoms with Crippen LogP contribution in [0.1, 0.15) is 24.8 Å². The van der Waals surface area contributed by atoms with Crippen molar-refractivity contribution in [1.82, 2.24) is 0 Å². The number of hydrogen-bond acceptors (Lipinski definition) is 6. The highest BCUT2D eigenvalue weighted by Gasteiger charge is 2.24. The standard InChI is InChI=1S/C22H23F3N4O3/c1-10-15(23)18(28)14-19(30)17(25)20(32-21(14)16(10)24)11-5-7-12(8-6-11)29-22(31)13(27)4-2-3-9-26/h5-8,13H,2-4,9,26-28H2,1H3,(H,29,31)/t13-/m0/s1. The first-order valence-electron chi connectivity index (χ1n) is 9.93. The molecule has 2 aromatic carbocycles. The van der Waals surface area contributed by atoms with Gasteiger partial charge >= 0.3 is 0 Å². The second-order valence-corrected chi connectivity index (χ2v) is 7.40. The van der Waals surface area contributed by atoms with Gasteiger partial charge in [-0.15, -0.1) is 0 Å². The molecule has 0 saturated carbocycles. The van der Waals surface area contributed by atoms with Crippen molar-refractivity contribution in [2.75, 3.05) is 17.6 Å². The van der Waals surface area contributed by atoms with Crippen LogP contribution in [0.3, 0.4) is 0 Å². The summed E-state index contributed by atoms with van der Waals surface area (Å²) in [5, 5.41) is 1.94. The van der Waals surface area contributed by atoms with E-state index in [-0.39, 0.29) is 5.56 Å². The first-order valence-corrected chi connectivity index (χ1v) is 9.93. The highest BCUT2D eigenvalue weighted by molar-refractivity contribution is 5.95. The molecule has 0 fully saturated rings. The molecule has 0 aliphatic carbocycles. The summed E-state index contributed by atoms with van der Waals surface area (Å²) in [7, 11) is 0. The van der Waals surface area contributed by atoms with Crippen molar-refractivity contribution in [2.24, 2.45) is 11.5 Å². The minimum Gasteiger partial charge on any atom is -0.450 e. The number of halogens is 3. The van der Waals surface area contributed by atoms with Crippen LogP contribution < -0.4 is 27.9 Å². The first kappa shape index (κ1) is 23.3. The van der Waals surface area contributed by atoms with Crippen LogP contribution in [0.5, 0.6) is 0 Å². The van der Waals surface area contributed by atoms with Gasteiger partial charge in [0.15, 0.2) is 23.0 Å². The summed E-state index contributed by atoms with van der Waals surface area (Å²) in [5.74, 6) is -4.56. The highest BCUT2D eigenvalue weighted by atomic mass is 19.1. The van der Waals surface area contributed by atoms with Gasteiger partial charge in [0.2, 0.25) is 17.2 Å². The Bertz CT molecular complexity index is 1230. The summed E-state index contributed by atoms with van der Waals surface area (Å²) in [6.07, 6.45) is 1.95. The third-order valence-electron chi connectivity index (χ3n) is 5.14. The maximum absolute atomic E-state index is 14.7. The van der Waals surface area contributed by atoms with Gasteiger partial charge in [-0.25, -0.2) is 8.78 Å². The fourth-order valence-electron chi connectivity index (χ4n) is 3.26. The van der Waals surface area contributed by atoms with Crippen molar-refractivity contribution in [3.63, 3.8) is 0 Å². The number of nitrogens with two attached hydrogens (primary N) is 3. The Hall–Kier alpha value is -3.37. The number of fused-ring (bicyclic) bond motifs is 1. The Morgan fingerprint density at radius 1 is 1.09 bits per heavy atom. The smallest absolute Gasteiger partial charge is 0.241 e. The number of hydrogen-bond donors (Lipinski definition) is 4. The Balaban J connectivity index is 1.92. The second kappa shape index (κ2) is 9.41. The van der Waals surface area contributed by atoms with E-state index in [1.165, 1.54) is 24.3 Å². The molecule has 1 aromatic heterocycles. The van der Waals surface area contributed by atoms with Crippen LogP contribution in [0.25, 0.3) is 22.3 Å². The topological polar surface area (TPSA) is 137 Å². The third-order valence-corrected chi connectivity index (χ3v) is 5.14. The van der Waals surface area contributed by atoms with Gasteiger partial charge in [-0.05, 0) is 50.6 Å². The molecule has 7 nitrogen and oxygen atoms in total. The van der Waals surface area contributed by atoms with E-state index in [0.717, 1.165) is 19.8 Å². The molecule has 0 aliphatic heterocycles. The van der Waals surface area contributed by atoms with E-state index in [1.807, 2.05) is 0 Å². The van der Waals surface area contributed by atoms with E-state index in [0.29, 0.717) is 18.7 Å². The monoisotopic (exact) mass is 448 g/mol.